The molecule has 0 spiro atoms. The number of carbonyl (C=O) groups excluding carboxylic acids is 1. The van der Waals surface area contributed by atoms with Crippen LogP contribution in [0, 0.1) is 20.8 Å². The lowest BCUT2D eigenvalue weighted by atomic mass is 10.1. The molecule has 2 heterocycles. The minimum absolute atomic E-state index is 0.0293. The number of anilines is 1. The van der Waals surface area contributed by atoms with Crippen molar-refractivity contribution in [3.63, 3.8) is 0 Å². The van der Waals surface area contributed by atoms with Crippen LogP contribution in [0.2, 0.25) is 0 Å². The largest absolute Gasteiger partial charge is 0.322 e. The molecule has 1 atom stereocenters. The van der Waals surface area contributed by atoms with E-state index in [2.05, 4.69) is 44.3 Å². The summed E-state index contributed by atoms with van der Waals surface area (Å²) in [7, 11) is 0. The first kappa shape index (κ1) is 17.0. The molecule has 0 saturated carbocycles. The molecule has 1 aliphatic rings. The number of urea groups is 1. The first-order valence-corrected chi connectivity index (χ1v) is 9.58. The van der Waals surface area contributed by atoms with Crippen LogP contribution in [0.4, 0.5) is 10.5 Å². The van der Waals surface area contributed by atoms with Gasteiger partial charge in [0.1, 0.15) is 0 Å². The molecule has 2 amide bonds. The number of nitrogens with zero attached hydrogens (tertiary/aromatic N) is 1. The van der Waals surface area contributed by atoms with Gasteiger partial charge < -0.3 is 10.2 Å². The molecular formula is C20H26N2OS. The monoisotopic (exact) mass is 342 g/mol. The number of amides is 2. The second-order valence-electron chi connectivity index (χ2n) is 6.68. The third kappa shape index (κ3) is 3.64. The van der Waals surface area contributed by atoms with Crippen LogP contribution < -0.4 is 5.32 Å². The highest BCUT2D eigenvalue weighted by molar-refractivity contribution is 7.12. The van der Waals surface area contributed by atoms with E-state index in [0.29, 0.717) is 0 Å². The van der Waals surface area contributed by atoms with Gasteiger partial charge in [-0.25, -0.2) is 4.79 Å². The molecule has 1 N–H and O–H groups in total. The Hall–Kier alpha value is -1.81. The van der Waals surface area contributed by atoms with Crippen molar-refractivity contribution < 1.29 is 4.79 Å². The van der Waals surface area contributed by atoms with Crippen molar-refractivity contribution in [3.05, 3.63) is 51.2 Å². The van der Waals surface area contributed by atoms with Gasteiger partial charge in [0.25, 0.3) is 0 Å². The van der Waals surface area contributed by atoms with E-state index < -0.39 is 0 Å². The molecule has 3 rings (SSSR count). The van der Waals surface area contributed by atoms with Gasteiger partial charge in [-0.2, -0.15) is 0 Å². The lowest BCUT2D eigenvalue weighted by Gasteiger charge is -2.30. The van der Waals surface area contributed by atoms with Crippen molar-refractivity contribution in [2.75, 3.05) is 11.9 Å². The van der Waals surface area contributed by atoms with E-state index in [1.807, 2.05) is 28.4 Å². The van der Waals surface area contributed by atoms with Gasteiger partial charge in [0.15, 0.2) is 0 Å². The van der Waals surface area contributed by atoms with Crippen LogP contribution in [0.5, 0.6) is 0 Å². The van der Waals surface area contributed by atoms with Crippen LogP contribution in [0.15, 0.2) is 30.3 Å². The molecule has 0 aliphatic carbocycles. The highest BCUT2D eigenvalue weighted by Crippen LogP contribution is 2.34. The Bertz CT molecular complexity index is 722. The maximum Gasteiger partial charge on any atom is 0.322 e. The summed E-state index contributed by atoms with van der Waals surface area (Å²) in [5, 5.41) is 3.15. The van der Waals surface area contributed by atoms with Crippen LogP contribution >= 0.6 is 11.3 Å². The van der Waals surface area contributed by atoms with Gasteiger partial charge in [0.05, 0.1) is 6.04 Å². The summed E-state index contributed by atoms with van der Waals surface area (Å²) in [6.45, 7) is 7.10. The van der Waals surface area contributed by atoms with Crippen molar-refractivity contribution >= 4 is 23.1 Å². The normalized spacial score (nSPS) is 18.3. The lowest BCUT2D eigenvalue weighted by Crippen LogP contribution is -2.38. The van der Waals surface area contributed by atoms with Gasteiger partial charge in [-0.05, 0) is 62.9 Å². The molecule has 128 valence electrons. The molecule has 0 radical (unpaired) electrons. The van der Waals surface area contributed by atoms with Crippen LogP contribution in [0.3, 0.4) is 0 Å². The summed E-state index contributed by atoms with van der Waals surface area (Å²) in [6.07, 6.45) is 4.53. The van der Waals surface area contributed by atoms with E-state index in [1.54, 1.807) is 0 Å². The zero-order valence-electron chi connectivity index (χ0n) is 14.8. The van der Waals surface area contributed by atoms with E-state index in [9.17, 15) is 4.79 Å². The van der Waals surface area contributed by atoms with Crippen LogP contribution in [-0.2, 0) is 0 Å². The number of aryl methyl sites for hydroxylation is 2. The highest BCUT2D eigenvalue weighted by Gasteiger charge is 2.28. The summed E-state index contributed by atoms with van der Waals surface area (Å²) < 4.78 is 0. The molecule has 3 nitrogen and oxygen atoms in total. The van der Waals surface area contributed by atoms with E-state index in [1.165, 1.54) is 28.2 Å². The maximum absolute atomic E-state index is 13.0. The molecule has 2 aromatic rings. The second kappa shape index (κ2) is 7.39. The number of nitrogens with one attached hydrogen (secondary N) is 1. The smallest absolute Gasteiger partial charge is 0.317 e. The van der Waals surface area contributed by atoms with Crippen LogP contribution in [0.1, 0.15) is 52.6 Å². The van der Waals surface area contributed by atoms with E-state index in [4.69, 9.17) is 0 Å². The average molecular weight is 343 g/mol. The van der Waals surface area contributed by atoms with Gasteiger partial charge in [-0.15, -0.1) is 11.3 Å². The van der Waals surface area contributed by atoms with Gasteiger partial charge >= 0.3 is 6.03 Å². The molecule has 1 saturated heterocycles. The number of hydrogen-bond donors (Lipinski definition) is 1. The zero-order valence-corrected chi connectivity index (χ0v) is 15.6. The summed E-state index contributed by atoms with van der Waals surface area (Å²) in [6, 6.07) is 10.6. The number of rotatable bonds is 2. The summed E-state index contributed by atoms with van der Waals surface area (Å²) in [4.78, 5) is 17.7. The predicted molar refractivity (Wildman–Crippen MR) is 102 cm³/mol. The maximum atomic E-state index is 13.0. The predicted octanol–water partition coefficient (Wildman–Crippen LogP) is 5.82. The van der Waals surface area contributed by atoms with Crippen LogP contribution in [-0.4, -0.2) is 17.5 Å². The lowest BCUT2D eigenvalue weighted by molar-refractivity contribution is 0.190. The first-order valence-electron chi connectivity index (χ1n) is 8.76. The quantitative estimate of drug-likeness (QED) is 0.732. The second-order valence-corrected chi connectivity index (χ2v) is 8.00. The molecular weight excluding hydrogens is 316 g/mol. The standard InChI is InChI=1S/C20H26N2OS/c1-14-8-7-9-17(16(14)3)21-20(23)22-13-6-4-5-10-18(22)19-12-11-15(2)24-19/h7-9,11-12,18H,4-6,10,13H2,1-3H3,(H,21,23). The Labute approximate surface area is 148 Å². The number of carbonyl (C=O) groups is 1. The molecule has 0 bridgehead atoms. The number of hydrogen-bond acceptors (Lipinski definition) is 2. The Morgan fingerprint density at radius 2 is 1.96 bits per heavy atom. The molecule has 1 aromatic carbocycles. The third-order valence-corrected chi connectivity index (χ3v) is 6.05. The first-order chi connectivity index (χ1) is 11.6. The fourth-order valence-corrected chi connectivity index (χ4v) is 4.38. The molecule has 1 aliphatic heterocycles. The number of benzene rings is 1. The van der Waals surface area contributed by atoms with Crippen molar-refractivity contribution in [1.29, 1.82) is 0 Å². The van der Waals surface area contributed by atoms with Crippen molar-refractivity contribution in [2.24, 2.45) is 0 Å². The molecule has 1 aromatic heterocycles. The fourth-order valence-electron chi connectivity index (χ4n) is 3.35. The fraction of sp³-hybridized carbons (Fsp3) is 0.450. The molecule has 4 heteroatoms. The van der Waals surface area contributed by atoms with Crippen molar-refractivity contribution in [2.45, 2.75) is 52.5 Å². The van der Waals surface area contributed by atoms with Crippen molar-refractivity contribution in [3.8, 4) is 0 Å². The van der Waals surface area contributed by atoms with E-state index >= 15 is 0 Å². The molecule has 1 fully saturated rings. The summed E-state index contributed by atoms with van der Waals surface area (Å²) >= 11 is 1.81. The van der Waals surface area contributed by atoms with Gasteiger partial charge in [-0.1, -0.05) is 25.0 Å². The number of likely N-dealkylation sites (tertiary alicyclic amines) is 1. The Kier molecular flexibility index (Phi) is 5.24. The minimum Gasteiger partial charge on any atom is -0.317 e. The van der Waals surface area contributed by atoms with E-state index in [0.717, 1.165) is 30.6 Å². The zero-order chi connectivity index (χ0) is 17.1. The SMILES string of the molecule is Cc1ccc(C2CCCCCN2C(=O)Nc2cccc(C)c2C)s1. The Morgan fingerprint density at radius 3 is 2.71 bits per heavy atom. The number of thiophene rings is 1. The van der Waals surface area contributed by atoms with Gasteiger partial charge in [0, 0.05) is 22.0 Å². The van der Waals surface area contributed by atoms with Gasteiger partial charge in [-0.3, -0.25) is 0 Å². The summed E-state index contributed by atoms with van der Waals surface area (Å²) in [5.41, 5.74) is 3.27. The minimum atomic E-state index is 0.0293. The third-order valence-electron chi connectivity index (χ3n) is 4.95. The van der Waals surface area contributed by atoms with Crippen molar-refractivity contribution in [1.82, 2.24) is 4.90 Å². The molecule has 1 unspecified atom stereocenters. The Balaban J connectivity index is 1.83. The highest BCUT2D eigenvalue weighted by atomic mass is 32.1. The molecule has 24 heavy (non-hydrogen) atoms. The summed E-state index contributed by atoms with van der Waals surface area (Å²) in [5.74, 6) is 0. The average Bonchev–Trinajstić information content (AvgIpc) is 2.84. The van der Waals surface area contributed by atoms with Crippen LogP contribution in [0.25, 0.3) is 0 Å². The Morgan fingerprint density at radius 1 is 1.12 bits per heavy atom. The van der Waals surface area contributed by atoms with E-state index in [-0.39, 0.29) is 12.1 Å². The topological polar surface area (TPSA) is 32.3 Å². The van der Waals surface area contributed by atoms with Gasteiger partial charge in [0.2, 0.25) is 0 Å².